The Morgan fingerprint density at radius 3 is 2.26 bits per heavy atom. The molecule has 2 N–H and O–H groups in total. The Morgan fingerprint density at radius 1 is 1.22 bits per heavy atom. The summed E-state index contributed by atoms with van der Waals surface area (Å²) in [5.41, 5.74) is 0. The van der Waals surface area contributed by atoms with Gasteiger partial charge in [0, 0.05) is 44.8 Å². The molecule has 1 aliphatic heterocycles. The van der Waals surface area contributed by atoms with E-state index in [0.717, 1.165) is 32.1 Å². The van der Waals surface area contributed by atoms with Crippen LogP contribution in [0.5, 0.6) is 0 Å². The summed E-state index contributed by atoms with van der Waals surface area (Å²) < 4.78 is 0. The fraction of sp³-hybridized carbons (Fsp3) is 0.941. The topological polar surface area (TPSA) is 42.9 Å². The van der Waals surface area contributed by atoms with Crippen LogP contribution in [-0.4, -0.2) is 73.7 Å². The third-order valence-electron chi connectivity index (χ3n) is 4.92. The molecule has 1 heterocycles. The van der Waals surface area contributed by atoms with E-state index in [1.165, 1.54) is 6.54 Å². The lowest BCUT2D eigenvalue weighted by Gasteiger charge is -2.28. The highest BCUT2D eigenvalue weighted by Gasteiger charge is 2.31. The Balaban J connectivity index is 0.00000484. The first-order valence-corrected chi connectivity index (χ1v) is 8.88. The first kappa shape index (κ1) is 22.9. The van der Waals surface area contributed by atoms with Gasteiger partial charge in [0.2, 0.25) is 0 Å². The van der Waals surface area contributed by atoms with Gasteiger partial charge in [0.25, 0.3) is 0 Å². The molecule has 6 heteroatoms. The summed E-state index contributed by atoms with van der Waals surface area (Å²) in [6, 6.07) is 1.62. The van der Waals surface area contributed by atoms with Crippen LogP contribution in [0.3, 0.4) is 0 Å². The van der Waals surface area contributed by atoms with Crippen molar-refractivity contribution in [3.8, 4) is 0 Å². The van der Waals surface area contributed by atoms with Crippen LogP contribution in [0.4, 0.5) is 0 Å². The van der Waals surface area contributed by atoms with Crippen molar-refractivity contribution in [1.29, 1.82) is 0 Å². The normalized spacial score (nSPS) is 24.0. The van der Waals surface area contributed by atoms with E-state index in [0.29, 0.717) is 24.0 Å². The van der Waals surface area contributed by atoms with Gasteiger partial charge >= 0.3 is 0 Å². The molecule has 138 valence electrons. The number of halogens is 1. The zero-order valence-corrected chi connectivity index (χ0v) is 18.4. The van der Waals surface area contributed by atoms with Crippen LogP contribution >= 0.6 is 24.0 Å². The molecule has 1 aliphatic rings. The summed E-state index contributed by atoms with van der Waals surface area (Å²) in [4.78, 5) is 9.39. The maximum absolute atomic E-state index is 4.40. The molecule has 1 saturated heterocycles. The van der Waals surface area contributed by atoms with Gasteiger partial charge in [-0.3, -0.25) is 14.8 Å². The highest BCUT2D eigenvalue weighted by atomic mass is 127. The average Bonchev–Trinajstić information content (AvgIpc) is 2.86. The van der Waals surface area contributed by atoms with Gasteiger partial charge in [-0.1, -0.05) is 20.8 Å². The van der Waals surface area contributed by atoms with Gasteiger partial charge in [0.05, 0.1) is 0 Å². The van der Waals surface area contributed by atoms with Gasteiger partial charge in [-0.15, -0.1) is 24.0 Å². The molecule has 0 saturated carbocycles. The first-order valence-electron chi connectivity index (χ1n) is 8.88. The van der Waals surface area contributed by atoms with Crippen molar-refractivity contribution in [3.63, 3.8) is 0 Å². The second-order valence-corrected chi connectivity index (χ2v) is 6.80. The van der Waals surface area contributed by atoms with Crippen molar-refractivity contribution >= 4 is 29.9 Å². The van der Waals surface area contributed by atoms with Gasteiger partial charge in [-0.25, -0.2) is 0 Å². The smallest absolute Gasteiger partial charge is 0.191 e. The second-order valence-electron chi connectivity index (χ2n) is 6.80. The first-order chi connectivity index (χ1) is 10.4. The number of aliphatic imine (C=N–C) groups is 1. The molecule has 0 aromatic carbocycles. The Bertz CT molecular complexity index is 344. The molecule has 0 aromatic heterocycles. The molecule has 0 amide bonds. The maximum Gasteiger partial charge on any atom is 0.191 e. The largest absolute Gasteiger partial charge is 0.355 e. The van der Waals surface area contributed by atoms with Gasteiger partial charge in [-0.05, 0) is 39.8 Å². The molecular weight excluding hydrogens is 401 g/mol. The lowest BCUT2D eigenvalue weighted by Crippen LogP contribution is -2.50. The lowest BCUT2D eigenvalue weighted by atomic mass is 10.1. The molecule has 1 fully saturated rings. The van der Waals surface area contributed by atoms with Crippen molar-refractivity contribution in [3.05, 3.63) is 0 Å². The molecule has 1 rings (SSSR count). The zero-order valence-electron chi connectivity index (χ0n) is 16.1. The van der Waals surface area contributed by atoms with Crippen LogP contribution in [0.1, 0.15) is 41.5 Å². The van der Waals surface area contributed by atoms with Crippen molar-refractivity contribution < 1.29 is 0 Å². The summed E-state index contributed by atoms with van der Waals surface area (Å²) >= 11 is 0. The lowest BCUT2D eigenvalue weighted by molar-refractivity contribution is 0.231. The minimum atomic E-state index is 0. The van der Waals surface area contributed by atoms with Crippen molar-refractivity contribution in [2.24, 2.45) is 10.9 Å². The molecule has 3 unspecified atom stereocenters. The summed E-state index contributed by atoms with van der Waals surface area (Å²) in [5.74, 6) is 1.59. The Hall–Kier alpha value is -0.0800. The van der Waals surface area contributed by atoms with Crippen LogP contribution in [0.2, 0.25) is 0 Å². The van der Waals surface area contributed by atoms with Crippen LogP contribution in [0, 0.1) is 5.92 Å². The van der Waals surface area contributed by atoms with E-state index in [9.17, 15) is 0 Å². The number of likely N-dealkylation sites (tertiary alicyclic amines) is 1. The Kier molecular flexibility index (Phi) is 11.4. The molecule has 23 heavy (non-hydrogen) atoms. The third kappa shape index (κ3) is 7.13. The fourth-order valence-electron chi connectivity index (χ4n) is 3.20. The predicted molar refractivity (Wildman–Crippen MR) is 112 cm³/mol. The standard InChI is InChI=1S/C17H37N5.HI/c1-8-21(9-2)15(6)10-19-17(18-7)20-16-12-22(13(3)4)11-14(16)5;/h13-16H,8-12H2,1-7H3,(H2,18,19,20);1H. The van der Waals surface area contributed by atoms with Crippen molar-refractivity contribution in [2.75, 3.05) is 39.8 Å². The molecule has 3 atom stereocenters. The van der Waals surface area contributed by atoms with Gasteiger partial charge in [0.1, 0.15) is 0 Å². The summed E-state index contributed by atoms with van der Waals surface area (Å²) in [5, 5.41) is 7.10. The van der Waals surface area contributed by atoms with Crippen LogP contribution in [-0.2, 0) is 0 Å². The molecule has 0 aliphatic carbocycles. The molecule has 5 nitrogen and oxygen atoms in total. The predicted octanol–water partition coefficient (Wildman–Crippen LogP) is 2.23. The van der Waals surface area contributed by atoms with E-state index < -0.39 is 0 Å². The fourth-order valence-corrected chi connectivity index (χ4v) is 3.20. The molecule has 0 aromatic rings. The maximum atomic E-state index is 4.40. The van der Waals surface area contributed by atoms with E-state index in [1.54, 1.807) is 0 Å². The van der Waals surface area contributed by atoms with E-state index in [-0.39, 0.29) is 24.0 Å². The van der Waals surface area contributed by atoms with Crippen molar-refractivity contribution in [2.45, 2.75) is 59.7 Å². The minimum Gasteiger partial charge on any atom is -0.355 e. The summed E-state index contributed by atoms with van der Waals surface area (Å²) in [6.07, 6.45) is 0. The van der Waals surface area contributed by atoms with E-state index in [2.05, 4.69) is 67.0 Å². The zero-order chi connectivity index (χ0) is 16.7. The molecular formula is C17H38IN5. The summed E-state index contributed by atoms with van der Waals surface area (Å²) in [7, 11) is 1.86. The van der Waals surface area contributed by atoms with Crippen LogP contribution in [0.15, 0.2) is 4.99 Å². The molecule has 0 radical (unpaired) electrons. The Labute approximate surface area is 160 Å². The monoisotopic (exact) mass is 439 g/mol. The SMILES string of the molecule is CCN(CC)C(C)CNC(=NC)NC1CN(C(C)C)CC1C.I. The summed E-state index contributed by atoms with van der Waals surface area (Å²) in [6.45, 7) is 19.0. The van der Waals surface area contributed by atoms with E-state index in [4.69, 9.17) is 0 Å². The number of nitrogens with zero attached hydrogens (tertiary/aromatic N) is 3. The quantitative estimate of drug-likeness (QED) is 0.363. The van der Waals surface area contributed by atoms with E-state index in [1.807, 2.05) is 7.05 Å². The number of likely N-dealkylation sites (N-methyl/N-ethyl adjacent to an activating group) is 1. The minimum absolute atomic E-state index is 0. The highest BCUT2D eigenvalue weighted by Crippen LogP contribution is 2.18. The van der Waals surface area contributed by atoms with Crippen molar-refractivity contribution in [1.82, 2.24) is 20.4 Å². The molecule has 0 spiro atoms. The van der Waals surface area contributed by atoms with Crippen LogP contribution in [0.25, 0.3) is 0 Å². The highest BCUT2D eigenvalue weighted by molar-refractivity contribution is 14.0. The number of nitrogens with one attached hydrogen (secondary N) is 2. The number of hydrogen-bond acceptors (Lipinski definition) is 3. The van der Waals surface area contributed by atoms with Gasteiger partial charge < -0.3 is 10.6 Å². The average molecular weight is 439 g/mol. The number of guanidine groups is 1. The molecule has 0 bridgehead atoms. The second kappa shape index (κ2) is 11.5. The number of rotatable bonds is 7. The van der Waals surface area contributed by atoms with Gasteiger partial charge in [0.15, 0.2) is 5.96 Å². The van der Waals surface area contributed by atoms with Crippen LogP contribution < -0.4 is 10.6 Å². The Morgan fingerprint density at radius 2 is 1.83 bits per heavy atom. The van der Waals surface area contributed by atoms with Gasteiger partial charge in [-0.2, -0.15) is 0 Å². The van der Waals surface area contributed by atoms with E-state index >= 15 is 0 Å². The third-order valence-corrected chi connectivity index (χ3v) is 4.92. The number of hydrogen-bond donors (Lipinski definition) is 2.